The zero-order valence-corrected chi connectivity index (χ0v) is 11.0. The Labute approximate surface area is 96.8 Å². The first-order valence-electron chi connectivity index (χ1n) is 5.51. The van der Waals surface area contributed by atoms with E-state index in [0.29, 0.717) is 6.42 Å². The van der Waals surface area contributed by atoms with E-state index in [1.165, 1.54) is 0 Å². The molecule has 1 fully saturated rings. The van der Waals surface area contributed by atoms with Crippen LogP contribution in [-0.4, -0.2) is 39.9 Å². The third kappa shape index (κ3) is 3.11. The Morgan fingerprint density at radius 2 is 2.20 bits per heavy atom. The number of amides is 1. The van der Waals surface area contributed by atoms with Crippen molar-refractivity contribution in [3.05, 3.63) is 0 Å². The van der Waals surface area contributed by atoms with Crippen LogP contribution in [0.1, 0.15) is 34.1 Å². The van der Waals surface area contributed by atoms with E-state index in [9.17, 15) is 4.79 Å². The number of rotatable bonds is 2. The summed E-state index contributed by atoms with van der Waals surface area (Å²) in [7, 11) is 0. The fourth-order valence-corrected chi connectivity index (χ4v) is 2.81. The van der Waals surface area contributed by atoms with E-state index >= 15 is 0 Å². The Morgan fingerprint density at radius 3 is 2.67 bits per heavy atom. The summed E-state index contributed by atoms with van der Waals surface area (Å²) in [4.78, 5) is 14.0. The van der Waals surface area contributed by atoms with Gasteiger partial charge in [0.2, 0.25) is 5.91 Å². The van der Waals surface area contributed by atoms with E-state index in [0.717, 1.165) is 18.8 Å². The molecule has 1 amide bonds. The second-order valence-corrected chi connectivity index (χ2v) is 6.91. The number of nitrogens with two attached hydrogens (primary N) is 1. The molecule has 3 nitrogen and oxygen atoms in total. The molecule has 0 aromatic heterocycles. The van der Waals surface area contributed by atoms with Gasteiger partial charge in [0.05, 0.1) is 5.54 Å². The normalized spacial score (nSPS) is 24.7. The van der Waals surface area contributed by atoms with Crippen molar-refractivity contribution in [2.75, 3.05) is 18.8 Å². The van der Waals surface area contributed by atoms with Gasteiger partial charge in [-0.1, -0.05) is 6.92 Å². The average molecular weight is 230 g/mol. The van der Waals surface area contributed by atoms with E-state index < -0.39 is 5.54 Å². The molecule has 1 unspecified atom stereocenters. The van der Waals surface area contributed by atoms with Crippen molar-refractivity contribution in [3.63, 3.8) is 0 Å². The summed E-state index contributed by atoms with van der Waals surface area (Å²) in [5.74, 6) is 1.11. The molecular formula is C11H22N2OS. The van der Waals surface area contributed by atoms with Gasteiger partial charge in [0.1, 0.15) is 0 Å². The monoisotopic (exact) mass is 230 g/mol. The van der Waals surface area contributed by atoms with Crippen LogP contribution in [0.3, 0.4) is 0 Å². The highest BCUT2D eigenvalue weighted by Gasteiger charge is 2.36. The largest absolute Gasteiger partial charge is 0.339 e. The standard InChI is InChI=1S/C11H22N2OS/c1-5-11(4,12)9(14)13-6-7-15-10(2,3)8-13/h5-8,12H2,1-4H3. The molecule has 0 saturated carbocycles. The van der Waals surface area contributed by atoms with E-state index in [-0.39, 0.29) is 10.7 Å². The molecule has 0 bridgehead atoms. The Balaban J connectivity index is 2.68. The molecule has 0 aromatic rings. The molecule has 1 heterocycles. The van der Waals surface area contributed by atoms with Crippen molar-refractivity contribution < 1.29 is 4.79 Å². The van der Waals surface area contributed by atoms with E-state index in [1.54, 1.807) is 0 Å². The zero-order valence-electron chi connectivity index (χ0n) is 10.2. The molecule has 0 aliphatic carbocycles. The van der Waals surface area contributed by atoms with Gasteiger partial charge in [0, 0.05) is 23.6 Å². The highest BCUT2D eigenvalue weighted by Crippen LogP contribution is 2.30. The highest BCUT2D eigenvalue weighted by molar-refractivity contribution is 8.00. The summed E-state index contributed by atoms with van der Waals surface area (Å²) < 4.78 is 0.164. The predicted octanol–water partition coefficient (Wildman–Crippen LogP) is 1.47. The minimum Gasteiger partial charge on any atom is -0.339 e. The van der Waals surface area contributed by atoms with Crippen LogP contribution in [0.5, 0.6) is 0 Å². The van der Waals surface area contributed by atoms with E-state index in [1.807, 2.05) is 30.5 Å². The van der Waals surface area contributed by atoms with Gasteiger partial charge in [0.15, 0.2) is 0 Å². The summed E-state index contributed by atoms with van der Waals surface area (Å²) >= 11 is 1.93. The van der Waals surface area contributed by atoms with Crippen molar-refractivity contribution in [1.29, 1.82) is 0 Å². The minimum absolute atomic E-state index is 0.0957. The van der Waals surface area contributed by atoms with Crippen LogP contribution in [0, 0.1) is 0 Å². The predicted molar refractivity (Wildman–Crippen MR) is 66.0 cm³/mol. The van der Waals surface area contributed by atoms with Crippen molar-refractivity contribution in [2.24, 2.45) is 5.73 Å². The first kappa shape index (κ1) is 12.8. The molecule has 1 aliphatic rings. The lowest BCUT2D eigenvalue weighted by Crippen LogP contribution is -2.57. The number of hydrogen-bond acceptors (Lipinski definition) is 3. The molecule has 0 spiro atoms. The third-order valence-electron chi connectivity index (χ3n) is 2.94. The lowest BCUT2D eigenvalue weighted by Gasteiger charge is -2.40. The first-order valence-corrected chi connectivity index (χ1v) is 6.49. The van der Waals surface area contributed by atoms with Crippen molar-refractivity contribution in [1.82, 2.24) is 4.90 Å². The fourth-order valence-electron chi connectivity index (χ4n) is 1.70. The van der Waals surface area contributed by atoms with Gasteiger partial charge >= 0.3 is 0 Å². The third-order valence-corrected chi connectivity index (χ3v) is 4.23. The van der Waals surface area contributed by atoms with Crippen LogP contribution in [-0.2, 0) is 4.79 Å². The van der Waals surface area contributed by atoms with Gasteiger partial charge in [0.25, 0.3) is 0 Å². The molecular weight excluding hydrogens is 208 g/mol. The van der Waals surface area contributed by atoms with Gasteiger partial charge in [-0.3, -0.25) is 4.79 Å². The Morgan fingerprint density at radius 1 is 1.60 bits per heavy atom. The van der Waals surface area contributed by atoms with Gasteiger partial charge in [-0.25, -0.2) is 0 Å². The molecule has 0 radical (unpaired) electrons. The number of carbonyl (C=O) groups excluding carboxylic acids is 1. The zero-order chi connectivity index (χ0) is 11.7. The van der Waals surface area contributed by atoms with Crippen LogP contribution in [0.15, 0.2) is 0 Å². The molecule has 2 N–H and O–H groups in total. The molecule has 15 heavy (non-hydrogen) atoms. The topological polar surface area (TPSA) is 46.3 Å². The van der Waals surface area contributed by atoms with Crippen LogP contribution < -0.4 is 5.73 Å². The second-order valence-electron chi connectivity index (χ2n) is 5.11. The number of carbonyl (C=O) groups is 1. The van der Waals surface area contributed by atoms with E-state index in [4.69, 9.17) is 5.73 Å². The molecule has 1 atom stereocenters. The maximum absolute atomic E-state index is 12.1. The van der Waals surface area contributed by atoms with Crippen LogP contribution >= 0.6 is 11.8 Å². The van der Waals surface area contributed by atoms with Crippen molar-refractivity contribution >= 4 is 17.7 Å². The lowest BCUT2D eigenvalue weighted by molar-refractivity contribution is -0.136. The highest BCUT2D eigenvalue weighted by atomic mass is 32.2. The Kier molecular flexibility index (Phi) is 3.71. The maximum atomic E-state index is 12.1. The van der Waals surface area contributed by atoms with Crippen molar-refractivity contribution in [3.8, 4) is 0 Å². The quantitative estimate of drug-likeness (QED) is 0.781. The summed E-state index contributed by atoms with van der Waals surface area (Å²) in [6.07, 6.45) is 0.690. The first-order chi connectivity index (χ1) is 6.78. The van der Waals surface area contributed by atoms with Crippen LogP contribution in [0.4, 0.5) is 0 Å². The smallest absolute Gasteiger partial charge is 0.242 e. The van der Waals surface area contributed by atoms with Gasteiger partial charge in [-0.2, -0.15) is 11.8 Å². The fraction of sp³-hybridized carbons (Fsp3) is 0.909. The average Bonchev–Trinajstić information content (AvgIpc) is 2.15. The van der Waals surface area contributed by atoms with E-state index in [2.05, 4.69) is 13.8 Å². The molecule has 4 heteroatoms. The van der Waals surface area contributed by atoms with Gasteiger partial charge in [-0.05, 0) is 27.2 Å². The lowest BCUT2D eigenvalue weighted by atomic mass is 9.98. The second kappa shape index (κ2) is 4.34. The Hall–Kier alpha value is -0.220. The minimum atomic E-state index is -0.696. The van der Waals surface area contributed by atoms with Crippen LogP contribution in [0.25, 0.3) is 0 Å². The summed E-state index contributed by atoms with van der Waals surface area (Å²) in [6.45, 7) is 9.78. The summed E-state index contributed by atoms with van der Waals surface area (Å²) in [5.41, 5.74) is 5.28. The van der Waals surface area contributed by atoms with Crippen LogP contribution in [0.2, 0.25) is 0 Å². The van der Waals surface area contributed by atoms with Crippen molar-refractivity contribution in [2.45, 2.75) is 44.4 Å². The van der Waals surface area contributed by atoms with Gasteiger partial charge in [-0.15, -0.1) is 0 Å². The number of hydrogen-bond donors (Lipinski definition) is 1. The molecule has 1 rings (SSSR count). The molecule has 1 aliphatic heterocycles. The summed E-state index contributed by atoms with van der Waals surface area (Å²) in [6, 6.07) is 0. The number of thioether (sulfide) groups is 1. The van der Waals surface area contributed by atoms with Gasteiger partial charge < -0.3 is 10.6 Å². The SMILES string of the molecule is CCC(C)(N)C(=O)N1CCSC(C)(C)C1. The molecule has 0 aromatic carbocycles. The molecule has 1 saturated heterocycles. The summed E-state index contributed by atoms with van der Waals surface area (Å²) in [5, 5.41) is 0. The molecule has 88 valence electrons. The Bertz CT molecular complexity index is 251. The maximum Gasteiger partial charge on any atom is 0.242 e. The number of nitrogens with zero attached hydrogens (tertiary/aromatic N) is 1.